The second-order valence-electron chi connectivity index (χ2n) is 7.97. The van der Waals surface area contributed by atoms with Gasteiger partial charge >= 0.3 is 0 Å². The summed E-state index contributed by atoms with van der Waals surface area (Å²) in [5, 5.41) is 1.80. The van der Waals surface area contributed by atoms with Crippen molar-refractivity contribution in [1.29, 1.82) is 0 Å². The summed E-state index contributed by atoms with van der Waals surface area (Å²) in [6.07, 6.45) is 4.22. The Bertz CT molecular complexity index is 1400. The molecule has 0 bridgehead atoms. The maximum atomic E-state index is 14.8. The van der Waals surface area contributed by atoms with Crippen molar-refractivity contribution < 1.29 is 17.5 Å². The van der Waals surface area contributed by atoms with Gasteiger partial charge in [0.25, 0.3) is 0 Å². The molecule has 1 aliphatic rings. The quantitative estimate of drug-likeness (QED) is 0.409. The largest absolute Gasteiger partial charge is 0.473 e. The third kappa shape index (κ3) is 4.43. The molecule has 0 atom stereocenters. The average molecular weight is 483 g/mol. The smallest absolute Gasteiger partial charge is 0.235 e. The lowest BCUT2D eigenvalue weighted by Gasteiger charge is -2.33. The number of thiophene rings is 1. The van der Waals surface area contributed by atoms with Crippen LogP contribution in [-0.4, -0.2) is 43.8 Å². The minimum absolute atomic E-state index is 0.0272. The van der Waals surface area contributed by atoms with Gasteiger partial charge in [0.15, 0.2) is 9.84 Å². The molecule has 1 aliphatic heterocycles. The van der Waals surface area contributed by atoms with Crippen molar-refractivity contribution in [2.24, 2.45) is 0 Å². The van der Waals surface area contributed by atoms with Crippen LogP contribution in [0.2, 0.25) is 0 Å². The van der Waals surface area contributed by atoms with Crippen LogP contribution in [0.4, 0.5) is 10.1 Å². The van der Waals surface area contributed by atoms with Gasteiger partial charge in [-0.2, -0.15) is 0 Å². The Morgan fingerprint density at radius 3 is 2.67 bits per heavy atom. The maximum Gasteiger partial charge on any atom is 0.235 e. The number of sulfone groups is 1. The van der Waals surface area contributed by atoms with Gasteiger partial charge < -0.3 is 9.64 Å². The topological polar surface area (TPSA) is 72.4 Å². The van der Waals surface area contributed by atoms with Gasteiger partial charge in [0.1, 0.15) is 22.9 Å². The van der Waals surface area contributed by atoms with Crippen LogP contribution in [0.1, 0.15) is 12.8 Å². The lowest BCUT2D eigenvalue weighted by atomic mass is 10.1. The zero-order chi connectivity index (χ0) is 23.0. The monoisotopic (exact) mass is 482 g/mol. The number of ether oxygens (including phenoxy) is 1. The third-order valence-electron chi connectivity index (χ3n) is 5.73. The molecule has 33 heavy (non-hydrogen) atoms. The Hall–Kier alpha value is -3.04. The number of nitrogens with zero attached hydrogens (tertiary/aromatic N) is 3. The first kappa shape index (κ1) is 21.8. The highest BCUT2D eigenvalue weighted by molar-refractivity contribution is 7.90. The first-order chi connectivity index (χ1) is 15.9. The van der Waals surface area contributed by atoms with E-state index in [4.69, 9.17) is 4.74 Å². The Balaban J connectivity index is 1.37. The highest BCUT2D eigenvalue weighted by atomic mass is 32.2. The molecule has 1 saturated heterocycles. The molecule has 6 nitrogen and oxygen atoms in total. The van der Waals surface area contributed by atoms with Crippen LogP contribution >= 0.6 is 11.3 Å². The number of halogens is 1. The molecular weight excluding hydrogens is 461 g/mol. The Labute approximate surface area is 195 Å². The molecule has 0 saturated carbocycles. The summed E-state index contributed by atoms with van der Waals surface area (Å²) in [5.74, 6) is -0.113. The summed E-state index contributed by atoms with van der Waals surface area (Å²) in [4.78, 5) is 10.9. The number of hydrogen-bond acceptors (Lipinski definition) is 7. The number of fused-ring (bicyclic) bond motifs is 1. The predicted octanol–water partition coefficient (Wildman–Crippen LogP) is 4.75. The molecule has 9 heteroatoms. The highest BCUT2D eigenvalue weighted by Gasteiger charge is 2.23. The summed E-state index contributed by atoms with van der Waals surface area (Å²) in [6.45, 7) is 1.74. The molecule has 2 aromatic carbocycles. The van der Waals surface area contributed by atoms with E-state index in [0.717, 1.165) is 48.6 Å². The molecule has 4 aromatic rings. The van der Waals surface area contributed by atoms with Crippen molar-refractivity contribution in [3.63, 3.8) is 0 Å². The second-order valence-corrected chi connectivity index (χ2v) is 10.9. The van der Waals surface area contributed by atoms with Crippen LogP contribution in [0.3, 0.4) is 0 Å². The van der Waals surface area contributed by atoms with E-state index < -0.39 is 15.7 Å². The fourth-order valence-corrected chi connectivity index (χ4v) is 5.59. The van der Waals surface area contributed by atoms with Crippen molar-refractivity contribution in [2.45, 2.75) is 23.8 Å². The summed E-state index contributed by atoms with van der Waals surface area (Å²) in [6, 6.07) is 15.1. The molecule has 2 aromatic heterocycles. The second kappa shape index (κ2) is 8.72. The Kier molecular flexibility index (Phi) is 5.76. The minimum Gasteiger partial charge on any atom is -0.473 e. The fraction of sp³-hybridized carbons (Fsp3) is 0.250. The van der Waals surface area contributed by atoms with E-state index in [2.05, 4.69) is 27.0 Å². The summed E-state index contributed by atoms with van der Waals surface area (Å²) in [7, 11) is -3.49. The molecule has 169 valence electrons. The molecule has 0 spiro atoms. The van der Waals surface area contributed by atoms with Gasteiger partial charge in [-0.15, -0.1) is 11.3 Å². The number of benzene rings is 2. The summed E-state index contributed by atoms with van der Waals surface area (Å²) >= 11 is 1.39. The van der Waals surface area contributed by atoms with Gasteiger partial charge in [0, 0.05) is 60.4 Å². The van der Waals surface area contributed by atoms with Crippen LogP contribution in [0.25, 0.3) is 21.3 Å². The zero-order valence-corrected chi connectivity index (χ0v) is 19.5. The molecule has 0 unspecified atom stereocenters. The Morgan fingerprint density at radius 2 is 1.97 bits per heavy atom. The van der Waals surface area contributed by atoms with E-state index >= 15 is 0 Å². The lowest BCUT2D eigenvalue weighted by Crippen LogP contribution is -2.38. The van der Waals surface area contributed by atoms with Crippen LogP contribution in [0.5, 0.6) is 5.88 Å². The van der Waals surface area contributed by atoms with Gasteiger partial charge in [-0.25, -0.2) is 22.8 Å². The molecule has 0 aliphatic carbocycles. The van der Waals surface area contributed by atoms with E-state index in [-0.39, 0.29) is 11.0 Å². The van der Waals surface area contributed by atoms with E-state index in [9.17, 15) is 12.8 Å². The number of anilines is 1. The van der Waals surface area contributed by atoms with Crippen molar-refractivity contribution in [3.05, 3.63) is 66.1 Å². The van der Waals surface area contributed by atoms with Crippen LogP contribution in [0.15, 0.2) is 59.1 Å². The van der Waals surface area contributed by atoms with Crippen molar-refractivity contribution in [2.75, 3.05) is 24.2 Å². The van der Waals surface area contributed by atoms with E-state index in [1.807, 2.05) is 18.2 Å². The maximum absolute atomic E-state index is 14.8. The number of para-hydroxylation sites is 1. The molecule has 1 fully saturated rings. The molecule has 0 N–H and O–H groups in total. The molecule has 5 rings (SSSR count). The molecule has 1 radical (unpaired) electrons. The molecule has 0 amide bonds. The van der Waals surface area contributed by atoms with Crippen LogP contribution in [-0.2, 0) is 9.84 Å². The van der Waals surface area contributed by atoms with Gasteiger partial charge in [-0.05, 0) is 18.2 Å². The first-order valence-electron chi connectivity index (χ1n) is 10.5. The zero-order valence-electron chi connectivity index (χ0n) is 17.9. The summed E-state index contributed by atoms with van der Waals surface area (Å²) in [5.41, 5.74) is 2.57. The normalized spacial score (nSPS) is 15.2. The first-order valence-corrected chi connectivity index (χ1v) is 13.3. The van der Waals surface area contributed by atoms with E-state index in [0.29, 0.717) is 22.5 Å². The fourth-order valence-electron chi connectivity index (χ4n) is 4.00. The van der Waals surface area contributed by atoms with Gasteiger partial charge in [0.2, 0.25) is 5.88 Å². The Morgan fingerprint density at radius 1 is 1.15 bits per heavy atom. The molecule has 3 heterocycles. The van der Waals surface area contributed by atoms with Crippen molar-refractivity contribution in [3.8, 4) is 17.0 Å². The standard InChI is InChI=1S/C24H21FN3O3S2/c1-33(29,30)18-7-8-19(21(25)13-18)20-14-32-23-22(20)26-15-27-24(23)31-17-9-11-28(12-10-17)16-5-3-2-4-6-16/h2-5,7-8,13-15,17H,9-12H2,1H3. The number of piperidine rings is 1. The van der Waals surface area contributed by atoms with Crippen LogP contribution in [0, 0.1) is 11.9 Å². The number of aromatic nitrogens is 2. The van der Waals surface area contributed by atoms with Crippen molar-refractivity contribution in [1.82, 2.24) is 9.97 Å². The third-order valence-corrected chi connectivity index (χ3v) is 7.80. The highest BCUT2D eigenvalue weighted by Crippen LogP contribution is 2.38. The predicted molar refractivity (Wildman–Crippen MR) is 127 cm³/mol. The number of rotatable bonds is 5. The van der Waals surface area contributed by atoms with E-state index in [1.54, 1.807) is 5.38 Å². The lowest BCUT2D eigenvalue weighted by molar-refractivity contribution is 0.166. The van der Waals surface area contributed by atoms with Gasteiger partial charge in [0.05, 0.1) is 10.4 Å². The van der Waals surface area contributed by atoms with E-state index in [1.165, 1.54) is 29.8 Å². The van der Waals surface area contributed by atoms with Gasteiger partial charge in [-0.1, -0.05) is 24.3 Å². The minimum atomic E-state index is -3.49. The summed E-state index contributed by atoms with van der Waals surface area (Å²) < 4.78 is 45.2. The number of hydrogen-bond donors (Lipinski definition) is 0. The van der Waals surface area contributed by atoms with Crippen molar-refractivity contribution >= 4 is 37.1 Å². The SMILES string of the molecule is CS(=O)(=O)c1ccc(-c2csc3c(OC4CCN(c5[c]cccc5)CC4)ncnc23)c(F)c1. The average Bonchev–Trinajstić information content (AvgIpc) is 3.24. The van der Waals surface area contributed by atoms with Crippen LogP contribution < -0.4 is 9.64 Å². The molecular formula is C24H21FN3O3S2. The van der Waals surface area contributed by atoms with Gasteiger partial charge in [-0.3, -0.25) is 0 Å².